The van der Waals surface area contributed by atoms with Gasteiger partial charge in [0.25, 0.3) is 5.91 Å². The molecule has 3 aromatic heterocycles. The first kappa shape index (κ1) is 22.3. The van der Waals surface area contributed by atoms with Crippen LogP contribution in [-0.2, 0) is 9.84 Å². The Morgan fingerprint density at radius 3 is 2.78 bits per heavy atom. The number of aromatic nitrogens is 4. The van der Waals surface area contributed by atoms with Crippen LogP contribution in [0.25, 0.3) is 10.6 Å². The molecule has 1 N–H and O–H groups in total. The molecule has 0 spiro atoms. The molecule has 0 radical (unpaired) electrons. The van der Waals surface area contributed by atoms with E-state index in [2.05, 4.69) is 25.3 Å². The summed E-state index contributed by atoms with van der Waals surface area (Å²) in [7, 11) is -3.33. The number of hydrogen-bond acceptors (Lipinski definition) is 9. The molecule has 4 rings (SSSR count). The highest BCUT2D eigenvalue weighted by Gasteiger charge is 2.37. The zero-order chi connectivity index (χ0) is 22.7. The predicted octanol–water partition coefficient (Wildman–Crippen LogP) is 3.21. The zero-order valence-electron chi connectivity index (χ0n) is 17.7. The maximum atomic E-state index is 12.8. The summed E-state index contributed by atoms with van der Waals surface area (Å²) in [5, 5.41) is 2.88. The van der Waals surface area contributed by atoms with Gasteiger partial charge in [-0.1, -0.05) is 6.92 Å². The van der Waals surface area contributed by atoms with Crippen LogP contribution in [0.2, 0.25) is 0 Å². The molecule has 3 aromatic rings. The van der Waals surface area contributed by atoms with Crippen molar-refractivity contribution in [3.63, 3.8) is 0 Å². The summed E-state index contributed by atoms with van der Waals surface area (Å²) in [5.41, 5.74) is 1.08. The van der Waals surface area contributed by atoms with Gasteiger partial charge < -0.3 is 10.1 Å². The van der Waals surface area contributed by atoms with Crippen molar-refractivity contribution in [2.75, 3.05) is 6.61 Å². The van der Waals surface area contributed by atoms with E-state index in [9.17, 15) is 13.2 Å². The number of pyridine rings is 1. The minimum atomic E-state index is -3.33. The molecular formula is C21H23N5O4S2. The molecule has 11 heteroatoms. The van der Waals surface area contributed by atoms with Crippen LogP contribution in [0.4, 0.5) is 0 Å². The third kappa shape index (κ3) is 4.78. The second-order valence-corrected chi connectivity index (χ2v) is 10.6. The van der Waals surface area contributed by atoms with Gasteiger partial charge in [-0.2, -0.15) is 0 Å². The Hall–Kier alpha value is -2.92. The van der Waals surface area contributed by atoms with Gasteiger partial charge in [0.15, 0.2) is 14.8 Å². The Morgan fingerprint density at radius 1 is 1.25 bits per heavy atom. The fourth-order valence-electron chi connectivity index (χ4n) is 3.15. The minimum absolute atomic E-state index is 0.252. The van der Waals surface area contributed by atoms with Crippen molar-refractivity contribution >= 4 is 27.1 Å². The predicted molar refractivity (Wildman–Crippen MR) is 119 cm³/mol. The normalized spacial score (nSPS) is 14.7. The molecule has 0 aromatic carbocycles. The van der Waals surface area contributed by atoms with Crippen molar-refractivity contribution in [1.29, 1.82) is 0 Å². The number of rotatable bonds is 9. The van der Waals surface area contributed by atoms with Gasteiger partial charge in [-0.05, 0) is 38.3 Å². The van der Waals surface area contributed by atoms with Crippen LogP contribution in [0.15, 0.2) is 41.8 Å². The SMILES string of the molecule is CCOc1cncc(-c2cnc(C(=O)N[C@@H](CC)c3cc(S(=O)(=O)C4CC4)ccn3)s2)n1. The zero-order valence-corrected chi connectivity index (χ0v) is 19.3. The maximum absolute atomic E-state index is 12.8. The highest BCUT2D eigenvalue weighted by Crippen LogP contribution is 2.34. The molecule has 168 valence electrons. The quantitative estimate of drug-likeness (QED) is 0.502. The molecular weight excluding hydrogens is 450 g/mol. The van der Waals surface area contributed by atoms with Gasteiger partial charge in [-0.3, -0.25) is 14.8 Å². The van der Waals surface area contributed by atoms with Crippen LogP contribution in [0.3, 0.4) is 0 Å². The average molecular weight is 474 g/mol. The highest BCUT2D eigenvalue weighted by atomic mass is 32.2. The molecule has 9 nitrogen and oxygen atoms in total. The molecule has 1 fully saturated rings. The van der Waals surface area contributed by atoms with Crippen LogP contribution < -0.4 is 10.1 Å². The van der Waals surface area contributed by atoms with E-state index in [0.29, 0.717) is 48.0 Å². The van der Waals surface area contributed by atoms with E-state index in [0.717, 1.165) is 0 Å². The molecule has 32 heavy (non-hydrogen) atoms. The maximum Gasteiger partial charge on any atom is 0.280 e. The van der Waals surface area contributed by atoms with Crippen molar-refractivity contribution in [3.8, 4) is 16.5 Å². The van der Waals surface area contributed by atoms with E-state index in [1.165, 1.54) is 29.8 Å². The Labute approximate surface area is 190 Å². The van der Waals surface area contributed by atoms with Gasteiger partial charge in [0.05, 0.1) is 45.8 Å². The lowest BCUT2D eigenvalue weighted by atomic mass is 10.1. The second-order valence-electron chi connectivity index (χ2n) is 7.30. The fourth-order valence-corrected chi connectivity index (χ4v) is 5.60. The van der Waals surface area contributed by atoms with Gasteiger partial charge in [0, 0.05) is 12.4 Å². The van der Waals surface area contributed by atoms with Gasteiger partial charge >= 0.3 is 0 Å². The number of ether oxygens (including phenoxy) is 1. The summed E-state index contributed by atoms with van der Waals surface area (Å²) in [5.74, 6) is 0.0434. The molecule has 0 saturated heterocycles. The molecule has 1 atom stereocenters. The Balaban J connectivity index is 1.50. The highest BCUT2D eigenvalue weighted by molar-refractivity contribution is 7.92. The summed E-state index contributed by atoms with van der Waals surface area (Å²) in [6, 6.07) is 2.63. The molecule has 1 saturated carbocycles. The van der Waals surface area contributed by atoms with Gasteiger partial charge in [0.2, 0.25) is 5.88 Å². The lowest BCUT2D eigenvalue weighted by Gasteiger charge is -2.16. The molecule has 0 unspecified atom stereocenters. The second kappa shape index (κ2) is 9.29. The Bertz CT molecular complexity index is 1220. The lowest BCUT2D eigenvalue weighted by Crippen LogP contribution is -2.28. The number of carbonyl (C=O) groups excluding carboxylic acids is 1. The van der Waals surface area contributed by atoms with Gasteiger partial charge in [0.1, 0.15) is 5.69 Å². The standard InChI is InChI=1S/C21H23N5O4S2/c1-3-15(16-9-14(7-8-23-16)32(28,29)13-5-6-13)26-20(27)21-24-11-18(31-21)17-10-22-12-19(25-17)30-4-2/h7-13,15H,3-6H2,1-2H3,(H,26,27)/t15-/m0/s1. The van der Waals surface area contributed by atoms with E-state index in [-0.39, 0.29) is 21.1 Å². The average Bonchev–Trinajstić information content (AvgIpc) is 3.55. The van der Waals surface area contributed by atoms with Crippen molar-refractivity contribution in [2.45, 2.75) is 49.3 Å². The Kier molecular flexibility index (Phi) is 6.47. The third-order valence-electron chi connectivity index (χ3n) is 4.97. The van der Waals surface area contributed by atoms with E-state index in [1.54, 1.807) is 18.5 Å². The van der Waals surface area contributed by atoms with Crippen molar-refractivity contribution in [3.05, 3.63) is 47.6 Å². The molecule has 0 aliphatic heterocycles. The molecule has 0 bridgehead atoms. The fraction of sp³-hybridized carbons (Fsp3) is 0.381. The summed E-state index contributed by atoms with van der Waals surface area (Å²) in [4.78, 5) is 30.8. The summed E-state index contributed by atoms with van der Waals surface area (Å²) in [6.45, 7) is 4.24. The van der Waals surface area contributed by atoms with Crippen LogP contribution in [-0.4, -0.2) is 46.1 Å². The van der Waals surface area contributed by atoms with Crippen LogP contribution in [0, 0.1) is 0 Å². The topological polar surface area (TPSA) is 124 Å². The number of carbonyl (C=O) groups is 1. The molecule has 1 aliphatic carbocycles. The largest absolute Gasteiger partial charge is 0.477 e. The number of sulfone groups is 1. The smallest absolute Gasteiger partial charge is 0.280 e. The molecule has 3 heterocycles. The first-order valence-electron chi connectivity index (χ1n) is 10.3. The molecule has 1 aliphatic rings. The van der Waals surface area contributed by atoms with Crippen molar-refractivity contribution in [1.82, 2.24) is 25.3 Å². The van der Waals surface area contributed by atoms with Crippen molar-refractivity contribution in [2.24, 2.45) is 0 Å². The number of amides is 1. The first-order chi connectivity index (χ1) is 15.4. The number of thiazole rings is 1. The number of nitrogens with one attached hydrogen (secondary N) is 1. The van der Waals surface area contributed by atoms with Crippen molar-refractivity contribution < 1.29 is 17.9 Å². The monoisotopic (exact) mass is 473 g/mol. The van der Waals surface area contributed by atoms with Gasteiger partial charge in [-0.25, -0.2) is 18.4 Å². The lowest BCUT2D eigenvalue weighted by molar-refractivity contribution is 0.0934. The van der Waals surface area contributed by atoms with E-state index in [4.69, 9.17) is 4.74 Å². The van der Waals surface area contributed by atoms with Crippen LogP contribution in [0.5, 0.6) is 5.88 Å². The number of hydrogen-bond donors (Lipinski definition) is 1. The van der Waals surface area contributed by atoms with Crippen LogP contribution >= 0.6 is 11.3 Å². The summed E-state index contributed by atoms with van der Waals surface area (Å²) < 4.78 is 30.5. The van der Waals surface area contributed by atoms with Crippen LogP contribution in [0.1, 0.15) is 54.6 Å². The summed E-state index contributed by atoms with van der Waals surface area (Å²) in [6.07, 6.45) is 8.09. The van der Waals surface area contributed by atoms with E-state index in [1.807, 2.05) is 13.8 Å². The van der Waals surface area contributed by atoms with E-state index >= 15 is 0 Å². The molecule has 1 amide bonds. The minimum Gasteiger partial charge on any atom is -0.477 e. The first-order valence-corrected chi connectivity index (χ1v) is 12.7. The Morgan fingerprint density at radius 2 is 2.06 bits per heavy atom. The third-order valence-corrected chi connectivity index (χ3v) is 8.25. The summed E-state index contributed by atoms with van der Waals surface area (Å²) >= 11 is 1.19. The number of nitrogens with zero attached hydrogens (tertiary/aromatic N) is 4. The van der Waals surface area contributed by atoms with Gasteiger partial charge in [-0.15, -0.1) is 11.3 Å². The van der Waals surface area contributed by atoms with E-state index < -0.39 is 15.9 Å².